The van der Waals surface area contributed by atoms with Crippen LogP contribution in [-0.2, 0) is 0 Å². The normalized spacial score (nSPS) is 16.5. The van der Waals surface area contributed by atoms with E-state index in [1.807, 2.05) is 0 Å². The fourth-order valence-electron chi connectivity index (χ4n) is 3.06. The molecule has 1 atom stereocenters. The van der Waals surface area contributed by atoms with Crippen LogP contribution in [-0.4, -0.2) is 50.0 Å². The third-order valence-corrected chi connectivity index (χ3v) is 4.26. The number of fused-ring (bicyclic) bond motifs is 3. The summed E-state index contributed by atoms with van der Waals surface area (Å²) in [6, 6.07) is -1.56. The van der Waals surface area contributed by atoms with E-state index in [9.17, 15) is 26.3 Å². The Balaban J connectivity index is 2.14. The summed E-state index contributed by atoms with van der Waals surface area (Å²) in [7, 11) is 0. The third-order valence-electron chi connectivity index (χ3n) is 4.26. The van der Waals surface area contributed by atoms with Gasteiger partial charge in [0.15, 0.2) is 11.6 Å². The second-order valence-corrected chi connectivity index (χ2v) is 6.35. The van der Waals surface area contributed by atoms with E-state index in [1.165, 1.54) is 21.9 Å². The van der Waals surface area contributed by atoms with Gasteiger partial charge in [-0.1, -0.05) is 6.08 Å². The van der Waals surface area contributed by atoms with Crippen LogP contribution in [0.25, 0.3) is 5.69 Å². The van der Waals surface area contributed by atoms with Crippen molar-refractivity contribution in [3.05, 3.63) is 30.6 Å². The number of hydrogen-bond donors (Lipinski definition) is 1. The van der Waals surface area contributed by atoms with E-state index >= 15 is 0 Å². The van der Waals surface area contributed by atoms with Crippen molar-refractivity contribution in [3.63, 3.8) is 0 Å². The second kappa shape index (κ2) is 7.91. The van der Waals surface area contributed by atoms with Gasteiger partial charge in [-0.3, -0.25) is 14.9 Å². The average molecular weight is 434 g/mol. The van der Waals surface area contributed by atoms with Gasteiger partial charge in [0.25, 0.3) is 0 Å². The van der Waals surface area contributed by atoms with Gasteiger partial charge in [0.1, 0.15) is 12.0 Å². The lowest BCUT2D eigenvalue weighted by Crippen LogP contribution is -2.40. The van der Waals surface area contributed by atoms with Crippen LogP contribution < -0.4 is 9.80 Å². The van der Waals surface area contributed by atoms with Gasteiger partial charge in [0.05, 0.1) is 31.4 Å². The maximum atomic E-state index is 13.2. The lowest BCUT2D eigenvalue weighted by Gasteiger charge is -2.37. The molecule has 3 rings (SSSR count). The SMILES string of the molecule is C/C=C\N(C=N)c1ncc2c(n1)N(CCC(F)(F)F)C(CC(F)(F)F)c1nncn1-2. The highest BCUT2D eigenvalue weighted by atomic mass is 19.4. The molecular weight excluding hydrogens is 418 g/mol. The molecule has 0 spiro atoms. The standard InChI is InChI=1S/C16H16F6N8/c1-2-4-28(8-23)14-24-7-11-12(26-14)29(5-3-15(17,18)19)10(6-16(20,21)22)13-27-25-9-30(11)13/h2,4,7-10,23H,3,5-6H2,1H3/b4-2-,23-8?. The molecule has 0 saturated heterocycles. The summed E-state index contributed by atoms with van der Waals surface area (Å²) in [5.41, 5.74) is 0.143. The molecule has 0 radical (unpaired) electrons. The largest absolute Gasteiger partial charge is 0.391 e. The molecule has 30 heavy (non-hydrogen) atoms. The molecule has 14 heteroatoms. The highest BCUT2D eigenvalue weighted by molar-refractivity contribution is 5.77. The van der Waals surface area contributed by atoms with Gasteiger partial charge in [0, 0.05) is 12.7 Å². The Labute approximate surface area is 166 Å². The number of halogens is 6. The zero-order chi connectivity index (χ0) is 22.1. The molecule has 0 aliphatic carbocycles. The Morgan fingerprint density at radius 2 is 1.93 bits per heavy atom. The summed E-state index contributed by atoms with van der Waals surface area (Å²) in [6.07, 6.45) is -5.79. The predicted octanol–water partition coefficient (Wildman–Crippen LogP) is 3.77. The van der Waals surface area contributed by atoms with E-state index in [2.05, 4.69) is 20.2 Å². The van der Waals surface area contributed by atoms with Crippen molar-refractivity contribution < 1.29 is 26.3 Å². The number of alkyl halides is 6. The summed E-state index contributed by atoms with van der Waals surface area (Å²) in [6.45, 7) is 0.891. The molecule has 8 nitrogen and oxygen atoms in total. The van der Waals surface area contributed by atoms with E-state index in [0.29, 0.717) is 0 Å². The molecule has 1 aliphatic rings. The Morgan fingerprint density at radius 1 is 1.20 bits per heavy atom. The second-order valence-electron chi connectivity index (χ2n) is 6.35. The zero-order valence-corrected chi connectivity index (χ0v) is 15.5. The van der Waals surface area contributed by atoms with E-state index in [4.69, 9.17) is 5.41 Å². The van der Waals surface area contributed by atoms with Crippen LogP contribution in [0.15, 0.2) is 24.8 Å². The number of rotatable bonds is 6. The minimum absolute atomic E-state index is 0.0823. The van der Waals surface area contributed by atoms with Crippen LogP contribution in [0.1, 0.15) is 31.6 Å². The summed E-state index contributed by atoms with van der Waals surface area (Å²) in [4.78, 5) is 10.3. The van der Waals surface area contributed by atoms with Gasteiger partial charge in [-0.05, 0) is 6.92 Å². The average Bonchev–Trinajstić information content (AvgIpc) is 3.13. The van der Waals surface area contributed by atoms with Crippen molar-refractivity contribution in [3.8, 4) is 5.69 Å². The van der Waals surface area contributed by atoms with Gasteiger partial charge in [0.2, 0.25) is 5.95 Å². The van der Waals surface area contributed by atoms with Crippen LogP contribution in [0.5, 0.6) is 0 Å². The van der Waals surface area contributed by atoms with Crippen LogP contribution in [0, 0.1) is 5.41 Å². The highest BCUT2D eigenvalue weighted by Gasteiger charge is 2.43. The molecule has 0 fully saturated rings. The Hall–Kier alpha value is -3.19. The van der Waals surface area contributed by atoms with Crippen molar-refractivity contribution in [1.29, 1.82) is 5.41 Å². The molecule has 0 aromatic carbocycles. The minimum atomic E-state index is -4.67. The number of hydrogen-bond acceptors (Lipinski definition) is 6. The van der Waals surface area contributed by atoms with E-state index in [0.717, 1.165) is 17.6 Å². The number of allylic oxidation sites excluding steroid dienone is 1. The molecule has 0 amide bonds. The molecular formula is C16H16F6N8. The van der Waals surface area contributed by atoms with Gasteiger partial charge < -0.3 is 4.90 Å². The van der Waals surface area contributed by atoms with E-state index in [-0.39, 0.29) is 23.3 Å². The molecule has 2 aromatic heterocycles. The first-order valence-electron chi connectivity index (χ1n) is 8.63. The number of anilines is 2. The summed E-state index contributed by atoms with van der Waals surface area (Å²) in [5, 5.41) is 14.7. The lowest BCUT2D eigenvalue weighted by molar-refractivity contribution is -0.141. The highest BCUT2D eigenvalue weighted by Crippen LogP contribution is 2.42. The fraction of sp³-hybridized carbons (Fsp3) is 0.438. The van der Waals surface area contributed by atoms with Gasteiger partial charge in [-0.25, -0.2) is 4.98 Å². The minimum Gasteiger partial charge on any atom is -0.344 e. The summed E-state index contributed by atoms with van der Waals surface area (Å²) < 4.78 is 79.6. The number of nitrogens with one attached hydrogen (secondary N) is 1. The maximum absolute atomic E-state index is 13.2. The van der Waals surface area contributed by atoms with Crippen molar-refractivity contribution in [2.45, 2.75) is 38.2 Å². The maximum Gasteiger partial charge on any atom is 0.391 e. The molecule has 1 unspecified atom stereocenters. The first kappa shape index (κ1) is 21.5. The third kappa shape index (κ3) is 4.52. The quantitative estimate of drug-likeness (QED) is 0.423. The van der Waals surface area contributed by atoms with E-state index in [1.54, 1.807) is 13.0 Å². The molecule has 0 saturated carbocycles. The Bertz CT molecular complexity index is 935. The molecule has 0 bridgehead atoms. The molecule has 1 aliphatic heterocycles. The lowest BCUT2D eigenvalue weighted by atomic mass is 10.1. The first-order chi connectivity index (χ1) is 14.0. The smallest absolute Gasteiger partial charge is 0.344 e. The number of nitrogens with zero attached hydrogens (tertiary/aromatic N) is 7. The molecule has 1 N–H and O–H groups in total. The summed E-state index contributed by atoms with van der Waals surface area (Å²) in [5.74, 6) is -0.376. The van der Waals surface area contributed by atoms with Crippen molar-refractivity contribution in [2.75, 3.05) is 16.3 Å². The van der Waals surface area contributed by atoms with Crippen LogP contribution in [0.3, 0.4) is 0 Å². The monoisotopic (exact) mass is 434 g/mol. The van der Waals surface area contributed by atoms with E-state index < -0.39 is 37.8 Å². The topological polar surface area (TPSA) is 86.8 Å². The van der Waals surface area contributed by atoms with Crippen LogP contribution in [0.2, 0.25) is 0 Å². The molecule has 162 valence electrons. The Kier molecular flexibility index (Phi) is 5.67. The van der Waals surface area contributed by atoms with Crippen LogP contribution >= 0.6 is 0 Å². The first-order valence-corrected chi connectivity index (χ1v) is 8.63. The summed E-state index contributed by atoms with van der Waals surface area (Å²) >= 11 is 0. The van der Waals surface area contributed by atoms with Crippen molar-refractivity contribution >= 4 is 18.1 Å². The van der Waals surface area contributed by atoms with Crippen LogP contribution in [0.4, 0.5) is 38.1 Å². The zero-order valence-electron chi connectivity index (χ0n) is 15.5. The van der Waals surface area contributed by atoms with Gasteiger partial charge in [-0.2, -0.15) is 31.3 Å². The van der Waals surface area contributed by atoms with Gasteiger partial charge >= 0.3 is 12.4 Å². The fourth-order valence-corrected chi connectivity index (χ4v) is 3.06. The molecule has 2 aromatic rings. The van der Waals surface area contributed by atoms with Crippen molar-refractivity contribution in [2.24, 2.45) is 0 Å². The Morgan fingerprint density at radius 3 is 2.53 bits per heavy atom. The predicted molar refractivity (Wildman–Crippen MR) is 94.5 cm³/mol. The van der Waals surface area contributed by atoms with Crippen molar-refractivity contribution in [1.82, 2.24) is 24.7 Å². The van der Waals surface area contributed by atoms with Gasteiger partial charge in [-0.15, -0.1) is 10.2 Å². The number of aromatic nitrogens is 5. The molecule has 3 heterocycles.